The summed E-state index contributed by atoms with van der Waals surface area (Å²) in [6, 6.07) is 15.9. The molecule has 0 aliphatic carbocycles. The quantitative estimate of drug-likeness (QED) is 0.260. The highest BCUT2D eigenvalue weighted by atomic mass is 16.5. The van der Waals surface area contributed by atoms with Gasteiger partial charge in [-0.3, -0.25) is 4.79 Å². The van der Waals surface area contributed by atoms with Crippen LogP contribution in [-0.4, -0.2) is 40.0 Å². The second-order valence-electron chi connectivity index (χ2n) is 11.3. The van der Waals surface area contributed by atoms with Gasteiger partial charge in [-0.05, 0) is 61.6 Å². The zero-order valence-electron chi connectivity index (χ0n) is 23.0. The van der Waals surface area contributed by atoms with Crippen LogP contribution < -0.4 is 20.7 Å². The lowest BCUT2D eigenvalue weighted by Crippen LogP contribution is -2.38. The minimum atomic E-state index is -0.0986. The molecular weight excluding hydrogens is 488 g/mol. The third kappa shape index (κ3) is 6.52. The highest BCUT2D eigenvalue weighted by Gasteiger charge is 2.19. The molecule has 1 fully saturated rings. The molecule has 1 amide bonds. The van der Waals surface area contributed by atoms with E-state index in [9.17, 15) is 4.79 Å². The molecule has 202 valence electrons. The number of ether oxygens (including phenoxy) is 1. The number of amides is 1. The van der Waals surface area contributed by atoms with Crippen LogP contribution in [0.2, 0.25) is 0 Å². The van der Waals surface area contributed by atoms with Gasteiger partial charge in [-0.15, -0.1) is 0 Å². The highest BCUT2D eigenvalue weighted by molar-refractivity contribution is 6.04. The minimum absolute atomic E-state index is 0.0118. The lowest BCUT2D eigenvalue weighted by molar-refractivity contribution is -0.117. The van der Waals surface area contributed by atoms with Gasteiger partial charge in [-0.25, -0.2) is 15.0 Å². The maximum Gasteiger partial charge on any atom is 0.228 e. The van der Waals surface area contributed by atoms with E-state index in [-0.39, 0.29) is 11.3 Å². The van der Waals surface area contributed by atoms with Crippen molar-refractivity contribution in [2.45, 2.75) is 53.0 Å². The van der Waals surface area contributed by atoms with Crippen molar-refractivity contribution in [1.29, 1.82) is 0 Å². The number of carbonyl (C=O) groups excluding carboxylic acids is 1. The van der Waals surface area contributed by atoms with Crippen molar-refractivity contribution in [2.75, 3.05) is 23.7 Å². The Kier molecular flexibility index (Phi) is 7.74. The van der Waals surface area contributed by atoms with E-state index >= 15 is 0 Å². The number of hydrogen-bond acceptors (Lipinski definition) is 7. The van der Waals surface area contributed by atoms with Crippen LogP contribution in [0.3, 0.4) is 0 Å². The molecule has 8 heteroatoms. The Balaban J connectivity index is 1.45. The summed E-state index contributed by atoms with van der Waals surface area (Å²) in [4.78, 5) is 26.5. The SMILES string of the molecule is Cc1ccc2c(NC(=O)CC(C)(C)C)cccc2c1Oc1ncccc1-c1ccnc(NC2CCCNC2)n1. The van der Waals surface area contributed by atoms with Crippen molar-refractivity contribution in [3.05, 3.63) is 66.5 Å². The molecular formula is C31H36N6O2. The van der Waals surface area contributed by atoms with Crippen LogP contribution in [0.15, 0.2) is 60.9 Å². The number of rotatable bonds is 7. The fourth-order valence-corrected chi connectivity index (χ4v) is 4.86. The third-order valence-electron chi connectivity index (χ3n) is 6.71. The number of pyridine rings is 1. The van der Waals surface area contributed by atoms with Crippen LogP contribution in [0.4, 0.5) is 11.6 Å². The number of carbonyl (C=O) groups is 1. The molecule has 39 heavy (non-hydrogen) atoms. The molecule has 3 heterocycles. The second-order valence-corrected chi connectivity index (χ2v) is 11.3. The van der Waals surface area contributed by atoms with Crippen molar-refractivity contribution >= 4 is 28.3 Å². The third-order valence-corrected chi connectivity index (χ3v) is 6.71. The number of nitrogens with zero attached hydrogens (tertiary/aromatic N) is 3. The van der Waals surface area contributed by atoms with E-state index in [2.05, 4.69) is 46.7 Å². The van der Waals surface area contributed by atoms with Gasteiger partial charge in [0.05, 0.1) is 11.3 Å². The van der Waals surface area contributed by atoms with E-state index < -0.39 is 0 Å². The number of benzene rings is 2. The molecule has 1 atom stereocenters. The lowest BCUT2D eigenvalue weighted by Gasteiger charge is -2.23. The van der Waals surface area contributed by atoms with E-state index in [4.69, 9.17) is 9.72 Å². The highest BCUT2D eigenvalue weighted by Crippen LogP contribution is 2.38. The molecule has 3 N–H and O–H groups in total. The first-order chi connectivity index (χ1) is 18.8. The zero-order valence-corrected chi connectivity index (χ0v) is 23.0. The normalized spacial score (nSPS) is 15.6. The lowest BCUT2D eigenvalue weighted by atomic mass is 9.92. The first kappa shape index (κ1) is 26.6. The summed E-state index contributed by atoms with van der Waals surface area (Å²) in [6.07, 6.45) is 6.12. The van der Waals surface area contributed by atoms with Gasteiger partial charge in [0.15, 0.2) is 0 Å². The van der Waals surface area contributed by atoms with Crippen molar-refractivity contribution in [2.24, 2.45) is 5.41 Å². The average molecular weight is 525 g/mol. The van der Waals surface area contributed by atoms with Crippen LogP contribution in [0.25, 0.3) is 22.0 Å². The largest absolute Gasteiger partial charge is 0.437 e. The molecule has 0 spiro atoms. The number of aryl methyl sites for hydroxylation is 1. The molecule has 0 saturated carbocycles. The second kappa shape index (κ2) is 11.4. The van der Waals surface area contributed by atoms with Crippen molar-refractivity contribution in [1.82, 2.24) is 20.3 Å². The van der Waals surface area contributed by atoms with Crippen LogP contribution in [0.1, 0.15) is 45.6 Å². The molecule has 2 aromatic heterocycles. The smallest absolute Gasteiger partial charge is 0.228 e. The van der Waals surface area contributed by atoms with Crippen LogP contribution in [0, 0.1) is 12.3 Å². The Morgan fingerprint density at radius 3 is 2.72 bits per heavy atom. The molecule has 8 nitrogen and oxygen atoms in total. The van der Waals surface area contributed by atoms with Crippen LogP contribution in [0.5, 0.6) is 11.6 Å². The number of hydrogen-bond donors (Lipinski definition) is 3. The number of aromatic nitrogens is 3. The number of anilines is 2. The summed E-state index contributed by atoms with van der Waals surface area (Å²) in [7, 11) is 0. The first-order valence-electron chi connectivity index (χ1n) is 13.5. The van der Waals surface area contributed by atoms with Gasteiger partial charge in [-0.1, -0.05) is 45.0 Å². The van der Waals surface area contributed by atoms with Gasteiger partial charge >= 0.3 is 0 Å². The van der Waals surface area contributed by atoms with Gasteiger partial charge < -0.3 is 20.7 Å². The number of fused-ring (bicyclic) bond motifs is 1. The summed E-state index contributed by atoms with van der Waals surface area (Å²) in [6.45, 7) is 10.1. The molecule has 5 rings (SSSR count). The summed E-state index contributed by atoms with van der Waals surface area (Å²) in [5.74, 6) is 1.73. The minimum Gasteiger partial charge on any atom is -0.437 e. The van der Waals surface area contributed by atoms with E-state index in [0.29, 0.717) is 30.0 Å². The Labute approximate surface area is 229 Å². The number of piperidine rings is 1. The van der Waals surface area contributed by atoms with Gasteiger partial charge in [0.2, 0.25) is 17.7 Å². The molecule has 1 unspecified atom stereocenters. The Morgan fingerprint density at radius 1 is 1.05 bits per heavy atom. The van der Waals surface area contributed by atoms with Crippen molar-refractivity contribution in [3.8, 4) is 22.9 Å². The predicted octanol–water partition coefficient (Wildman–Crippen LogP) is 6.33. The monoisotopic (exact) mass is 524 g/mol. The summed E-state index contributed by atoms with van der Waals surface area (Å²) < 4.78 is 6.52. The van der Waals surface area contributed by atoms with E-state index in [0.717, 1.165) is 59.2 Å². The molecule has 2 aromatic carbocycles. The standard InChI is InChI=1S/C31H36N6O2/c1-20-12-13-22-23(9-5-11-25(22)36-27(38)18-31(2,3)4)28(20)39-29-24(10-7-16-33-29)26-14-17-34-30(37-26)35-21-8-6-15-32-19-21/h5,7,9-14,16-17,21,32H,6,8,15,18-19H2,1-4H3,(H,36,38)(H,34,35,37). The average Bonchev–Trinajstić information content (AvgIpc) is 2.90. The van der Waals surface area contributed by atoms with Crippen LogP contribution >= 0.6 is 0 Å². The van der Waals surface area contributed by atoms with E-state index in [1.165, 1.54) is 0 Å². The van der Waals surface area contributed by atoms with Crippen LogP contribution in [-0.2, 0) is 4.79 Å². The maximum absolute atomic E-state index is 12.7. The first-order valence-corrected chi connectivity index (χ1v) is 13.5. The molecule has 1 aliphatic rings. The molecule has 0 bridgehead atoms. The molecule has 4 aromatic rings. The van der Waals surface area contributed by atoms with Gasteiger partial charge in [-0.2, -0.15) is 0 Å². The van der Waals surface area contributed by atoms with Gasteiger partial charge in [0.1, 0.15) is 5.75 Å². The number of nitrogens with one attached hydrogen (secondary N) is 3. The zero-order chi connectivity index (χ0) is 27.4. The van der Waals surface area contributed by atoms with Crippen molar-refractivity contribution in [3.63, 3.8) is 0 Å². The fourth-order valence-electron chi connectivity index (χ4n) is 4.86. The molecule has 1 aliphatic heterocycles. The van der Waals surface area contributed by atoms with E-state index in [1.807, 2.05) is 55.5 Å². The van der Waals surface area contributed by atoms with Crippen molar-refractivity contribution < 1.29 is 9.53 Å². The summed E-state index contributed by atoms with van der Waals surface area (Å²) in [5, 5.41) is 11.8. The molecule has 1 saturated heterocycles. The molecule has 0 radical (unpaired) electrons. The summed E-state index contributed by atoms with van der Waals surface area (Å²) in [5.41, 5.74) is 3.13. The van der Waals surface area contributed by atoms with Gasteiger partial charge in [0, 0.05) is 47.9 Å². The Morgan fingerprint density at radius 2 is 1.92 bits per heavy atom. The Hall–Kier alpha value is -4.04. The van der Waals surface area contributed by atoms with E-state index in [1.54, 1.807) is 12.4 Å². The predicted molar refractivity (Wildman–Crippen MR) is 156 cm³/mol. The summed E-state index contributed by atoms with van der Waals surface area (Å²) >= 11 is 0. The maximum atomic E-state index is 12.7. The van der Waals surface area contributed by atoms with Gasteiger partial charge in [0.25, 0.3) is 0 Å². The Bertz CT molecular complexity index is 1470. The fraction of sp³-hybridized carbons (Fsp3) is 0.355. The topological polar surface area (TPSA) is 101 Å².